The van der Waals surface area contributed by atoms with Gasteiger partial charge in [-0.3, -0.25) is 9.20 Å². The number of aromatic nitrogens is 1. The Morgan fingerprint density at radius 2 is 2.13 bits per heavy atom. The average Bonchev–Trinajstić information content (AvgIpc) is 2.17. The van der Waals surface area contributed by atoms with E-state index in [1.165, 1.54) is 16.7 Å². The summed E-state index contributed by atoms with van der Waals surface area (Å²) in [5.41, 5.74) is 5.09. The number of pyridine rings is 2. The molecule has 15 heavy (non-hydrogen) atoms. The van der Waals surface area contributed by atoms with E-state index in [0.29, 0.717) is 0 Å². The Hall–Kier alpha value is -2.30. The summed E-state index contributed by atoms with van der Waals surface area (Å²) in [5.74, 6) is -1.39. The van der Waals surface area contributed by atoms with Gasteiger partial charge < -0.3 is 15.6 Å². The van der Waals surface area contributed by atoms with Gasteiger partial charge in [0.05, 0.1) is 11.5 Å². The van der Waals surface area contributed by atoms with Gasteiger partial charge in [0.15, 0.2) is 0 Å². The zero-order chi connectivity index (χ0) is 11.0. The number of carboxylic acid groups (broad SMARTS) is 1. The van der Waals surface area contributed by atoms with Crippen LogP contribution in [0.3, 0.4) is 0 Å². The molecule has 5 nitrogen and oxygen atoms in total. The van der Waals surface area contributed by atoms with Crippen molar-refractivity contribution in [1.82, 2.24) is 4.40 Å². The fourth-order valence-electron chi connectivity index (χ4n) is 1.48. The van der Waals surface area contributed by atoms with Gasteiger partial charge in [0.25, 0.3) is 5.56 Å². The number of hydrogen-bond acceptors (Lipinski definition) is 4. The number of carboxylic acids is 1. The Balaban J connectivity index is 3.03. The number of carbonyl (C=O) groups is 1. The van der Waals surface area contributed by atoms with Crippen LogP contribution in [0, 0.1) is 0 Å². The van der Waals surface area contributed by atoms with Gasteiger partial charge in [-0.1, -0.05) is 6.07 Å². The Kier molecular flexibility index (Phi) is 1.93. The molecular weight excluding hydrogens is 196 g/mol. The van der Waals surface area contributed by atoms with E-state index in [0.717, 1.165) is 6.07 Å². The van der Waals surface area contributed by atoms with Crippen LogP contribution in [0.1, 0.15) is 10.4 Å². The van der Waals surface area contributed by atoms with Gasteiger partial charge in [-0.2, -0.15) is 0 Å². The Labute approximate surface area is 84.4 Å². The number of fused-ring (bicyclic) bond motifs is 1. The van der Waals surface area contributed by atoms with Crippen molar-refractivity contribution in [3.8, 4) is 0 Å². The standard InChI is InChI=1S/C10H8N2O3/c11-6-5-8(13)12-4-2-1-3-7(12)9(6)10(14)15/h1-5H,11H2,(H,14,15)/p-1. The predicted molar refractivity (Wildman–Crippen MR) is 52.4 cm³/mol. The second-order valence-electron chi connectivity index (χ2n) is 3.06. The molecule has 0 amide bonds. The van der Waals surface area contributed by atoms with Crippen LogP contribution in [0.5, 0.6) is 0 Å². The molecule has 2 N–H and O–H groups in total. The fraction of sp³-hybridized carbons (Fsp3) is 0. The second kappa shape index (κ2) is 3.13. The van der Waals surface area contributed by atoms with Crippen molar-refractivity contribution in [1.29, 1.82) is 0 Å². The minimum Gasteiger partial charge on any atom is -0.545 e. The molecule has 5 heteroatoms. The fourth-order valence-corrected chi connectivity index (χ4v) is 1.48. The van der Waals surface area contributed by atoms with E-state index in [-0.39, 0.29) is 22.3 Å². The summed E-state index contributed by atoms with van der Waals surface area (Å²) in [6.07, 6.45) is 1.48. The van der Waals surface area contributed by atoms with Crippen molar-refractivity contribution in [2.75, 3.05) is 5.73 Å². The van der Waals surface area contributed by atoms with Crippen molar-refractivity contribution in [3.05, 3.63) is 46.4 Å². The lowest BCUT2D eigenvalue weighted by Gasteiger charge is -2.10. The summed E-state index contributed by atoms with van der Waals surface area (Å²) in [6, 6.07) is 5.82. The number of hydrogen-bond donors (Lipinski definition) is 1. The van der Waals surface area contributed by atoms with Crippen molar-refractivity contribution < 1.29 is 9.90 Å². The summed E-state index contributed by atoms with van der Waals surface area (Å²) in [7, 11) is 0. The molecule has 0 saturated carbocycles. The van der Waals surface area contributed by atoms with Crippen LogP contribution < -0.4 is 16.4 Å². The van der Waals surface area contributed by atoms with Gasteiger partial charge in [0.1, 0.15) is 0 Å². The second-order valence-corrected chi connectivity index (χ2v) is 3.06. The van der Waals surface area contributed by atoms with E-state index >= 15 is 0 Å². The van der Waals surface area contributed by atoms with Gasteiger partial charge in [0, 0.05) is 23.5 Å². The summed E-state index contributed by atoms with van der Waals surface area (Å²) in [5, 5.41) is 10.8. The highest BCUT2D eigenvalue weighted by Crippen LogP contribution is 2.14. The van der Waals surface area contributed by atoms with E-state index in [1.807, 2.05) is 0 Å². The molecule has 0 fully saturated rings. The number of anilines is 1. The summed E-state index contributed by atoms with van der Waals surface area (Å²) >= 11 is 0. The maximum Gasteiger partial charge on any atom is 0.257 e. The highest BCUT2D eigenvalue weighted by molar-refractivity contribution is 5.99. The number of carbonyl (C=O) groups excluding carboxylic acids is 1. The highest BCUT2D eigenvalue weighted by Gasteiger charge is 2.07. The molecule has 2 heterocycles. The van der Waals surface area contributed by atoms with Gasteiger partial charge >= 0.3 is 0 Å². The smallest absolute Gasteiger partial charge is 0.257 e. The maximum atomic E-state index is 11.4. The van der Waals surface area contributed by atoms with Gasteiger partial charge in [-0.05, 0) is 12.1 Å². The minimum absolute atomic E-state index is 0.0776. The van der Waals surface area contributed by atoms with E-state index < -0.39 is 5.97 Å². The van der Waals surface area contributed by atoms with Crippen LogP contribution in [0.15, 0.2) is 35.3 Å². The Morgan fingerprint density at radius 1 is 1.40 bits per heavy atom. The summed E-state index contributed by atoms with van der Waals surface area (Å²) in [4.78, 5) is 22.3. The van der Waals surface area contributed by atoms with E-state index in [2.05, 4.69) is 0 Å². The van der Waals surface area contributed by atoms with Crippen LogP contribution in [-0.2, 0) is 0 Å². The molecule has 0 bridgehead atoms. The Morgan fingerprint density at radius 3 is 2.80 bits per heavy atom. The van der Waals surface area contributed by atoms with Crippen molar-refractivity contribution in [2.24, 2.45) is 0 Å². The lowest BCUT2D eigenvalue weighted by molar-refractivity contribution is -0.254. The SMILES string of the molecule is Nc1cc(=O)n2ccccc2c1C(=O)[O-]. The maximum absolute atomic E-state index is 11.4. The molecule has 0 aliphatic rings. The van der Waals surface area contributed by atoms with E-state index in [1.54, 1.807) is 12.1 Å². The van der Waals surface area contributed by atoms with Crippen molar-refractivity contribution >= 4 is 17.2 Å². The van der Waals surface area contributed by atoms with E-state index in [9.17, 15) is 14.7 Å². The molecule has 0 saturated heterocycles. The predicted octanol–water partition coefficient (Wildman–Crippen LogP) is -0.755. The number of nitrogens with zero attached hydrogens (tertiary/aromatic N) is 1. The summed E-state index contributed by atoms with van der Waals surface area (Å²) in [6.45, 7) is 0. The molecule has 76 valence electrons. The third-order valence-electron chi connectivity index (χ3n) is 2.13. The normalized spacial score (nSPS) is 10.4. The van der Waals surface area contributed by atoms with Crippen LogP contribution in [0.2, 0.25) is 0 Å². The number of aromatic carboxylic acids is 1. The number of rotatable bonds is 1. The lowest BCUT2D eigenvalue weighted by atomic mass is 10.1. The lowest BCUT2D eigenvalue weighted by Crippen LogP contribution is -2.27. The number of nitrogen functional groups attached to an aromatic ring is 1. The first-order chi connectivity index (χ1) is 7.11. The molecule has 0 unspecified atom stereocenters. The first-order valence-electron chi connectivity index (χ1n) is 4.22. The Bertz CT molecular complexity index is 601. The topological polar surface area (TPSA) is 87.6 Å². The first kappa shape index (κ1) is 9.26. The van der Waals surface area contributed by atoms with E-state index in [4.69, 9.17) is 5.73 Å². The van der Waals surface area contributed by atoms with Crippen LogP contribution in [0.25, 0.3) is 5.52 Å². The largest absolute Gasteiger partial charge is 0.545 e. The molecule has 0 aliphatic carbocycles. The number of nitrogens with two attached hydrogens (primary N) is 1. The van der Waals surface area contributed by atoms with Crippen molar-refractivity contribution in [3.63, 3.8) is 0 Å². The first-order valence-corrected chi connectivity index (χ1v) is 4.22. The molecule has 2 aromatic heterocycles. The molecule has 2 rings (SSSR count). The third kappa shape index (κ3) is 1.34. The monoisotopic (exact) mass is 203 g/mol. The molecule has 0 atom stereocenters. The average molecular weight is 203 g/mol. The van der Waals surface area contributed by atoms with Crippen LogP contribution in [0.4, 0.5) is 5.69 Å². The molecular formula is C10H7N2O3-. The van der Waals surface area contributed by atoms with Crippen molar-refractivity contribution in [2.45, 2.75) is 0 Å². The van der Waals surface area contributed by atoms with Crippen LogP contribution in [-0.4, -0.2) is 10.4 Å². The molecule has 0 aromatic carbocycles. The quantitative estimate of drug-likeness (QED) is 0.660. The highest BCUT2D eigenvalue weighted by atomic mass is 16.4. The zero-order valence-corrected chi connectivity index (χ0v) is 7.64. The van der Waals surface area contributed by atoms with Crippen LogP contribution >= 0.6 is 0 Å². The molecule has 0 aliphatic heterocycles. The van der Waals surface area contributed by atoms with Gasteiger partial charge in [-0.15, -0.1) is 0 Å². The molecule has 2 aromatic rings. The zero-order valence-electron chi connectivity index (χ0n) is 7.64. The van der Waals surface area contributed by atoms with Gasteiger partial charge in [0.2, 0.25) is 0 Å². The summed E-state index contributed by atoms with van der Waals surface area (Å²) < 4.78 is 1.21. The molecule has 0 spiro atoms. The third-order valence-corrected chi connectivity index (χ3v) is 2.13. The van der Waals surface area contributed by atoms with Gasteiger partial charge in [-0.25, -0.2) is 0 Å². The minimum atomic E-state index is -1.39. The molecule has 0 radical (unpaired) electrons.